The van der Waals surface area contributed by atoms with E-state index in [9.17, 15) is 10.1 Å². The number of halogens is 1. The van der Waals surface area contributed by atoms with Crippen molar-refractivity contribution in [3.8, 4) is 0 Å². The third-order valence-electron chi connectivity index (χ3n) is 2.19. The van der Waals surface area contributed by atoms with Gasteiger partial charge in [-0.05, 0) is 34.7 Å². The number of nitrogens with zero attached hydrogens (tertiary/aromatic N) is 2. The highest BCUT2D eigenvalue weighted by atomic mass is 127. The number of hydrogen-bond donors (Lipinski definition) is 1. The van der Waals surface area contributed by atoms with Crippen molar-refractivity contribution in [3.63, 3.8) is 0 Å². The Morgan fingerprint density at radius 2 is 2.29 bits per heavy atom. The van der Waals surface area contributed by atoms with Gasteiger partial charge in [-0.1, -0.05) is 6.08 Å². The van der Waals surface area contributed by atoms with Crippen LogP contribution in [-0.4, -0.2) is 29.7 Å². The lowest BCUT2D eigenvalue weighted by Gasteiger charge is -2.21. The second-order valence-electron chi connectivity index (χ2n) is 3.35. The predicted octanol–water partition coefficient (Wildman–Crippen LogP) is 2.18. The summed E-state index contributed by atoms with van der Waals surface area (Å²) < 4.78 is 0.806. The maximum atomic E-state index is 11.0. The predicted molar refractivity (Wildman–Crippen MR) is 75.3 cm³/mol. The number of benzene rings is 1. The van der Waals surface area contributed by atoms with Crippen molar-refractivity contribution in [1.29, 1.82) is 0 Å². The van der Waals surface area contributed by atoms with Crippen molar-refractivity contribution in [2.24, 2.45) is 0 Å². The molecule has 0 bridgehead atoms. The van der Waals surface area contributed by atoms with Crippen LogP contribution in [0.4, 0.5) is 11.4 Å². The Hall–Kier alpha value is -1.15. The molecule has 1 N–H and O–H groups in total. The molecule has 6 heteroatoms. The highest BCUT2D eigenvalue weighted by Gasteiger charge is 2.18. The zero-order valence-corrected chi connectivity index (χ0v) is 11.3. The van der Waals surface area contributed by atoms with Gasteiger partial charge in [0.2, 0.25) is 0 Å². The fourth-order valence-corrected chi connectivity index (χ4v) is 1.97. The number of rotatable bonds is 6. The molecule has 0 aliphatic rings. The van der Waals surface area contributed by atoms with E-state index >= 15 is 0 Å². The zero-order chi connectivity index (χ0) is 12.8. The molecule has 0 spiro atoms. The third-order valence-corrected chi connectivity index (χ3v) is 2.87. The van der Waals surface area contributed by atoms with Crippen molar-refractivity contribution in [2.45, 2.75) is 0 Å². The van der Waals surface area contributed by atoms with Crippen LogP contribution >= 0.6 is 22.6 Å². The van der Waals surface area contributed by atoms with E-state index in [-0.39, 0.29) is 12.3 Å². The van der Waals surface area contributed by atoms with E-state index in [0.717, 1.165) is 3.57 Å². The monoisotopic (exact) mass is 348 g/mol. The minimum Gasteiger partial charge on any atom is -0.395 e. The maximum Gasteiger partial charge on any atom is 0.293 e. The summed E-state index contributed by atoms with van der Waals surface area (Å²) in [5, 5.41) is 19.9. The topological polar surface area (TPSA) is 66.6 Å². The van der Waals surface area contributed by atoms with Crippen LogP contribution in [0.25, 0.3) is 0 Å². The largest absolute Gasteiger partial charge is 0.395 e. The molecular formula is C11H13IN2O3. The Bertz CT molecular complexity index is 423. The summed E-state index contributed by atoms with van der Waals surface area (Å²) in [6.45, 7) is 4.35. The standard InChI is InChI=1S/C11H13IN2O3/c1-2-5-13(6-7-15)10-4-3-9(12)8-11(10)14(16)17/h2-4,8,15H,1,5-7H2. The molecule has 0 heterocycles. The summed E-state index contributed by atoms with van der Waals surface area (Å²) in [5.74, 6) is 0. The highest BCUT2D eigenvalue weighted by Crippen LogP contribution is 2.29. The van der Waals surface area contributed by atoms with Gasteiger partial charge in [0.15, 0.2) is 0 Å². The fraction of sp³-hybridized carbons (Fsp3) is 0.273. The second kappa shape index (κ2) is 6.55. The van der Waals surface area contributed by atoms with Crippen molar-refractivity contribution >= 4 is 34.0 Å². The highest BCUT2D eigenvalue weighted by molar-refractivity contribution is 14.1. The summed E-state index contributed by atoms with van der Waals surface area (Å²) in [7, 11) is 0. The first-order chi connectivity index (χ1) is 8.10. The molecule has 1 aromatic carbocycles. The van der Waals surface area contributed by atoms with Gasteiger partial charge < -0.3 is 10.0 Å². The summed E-state index contributed by atoms with van der Waals surface area (Å²) >= 11 is 2.03. The number of aliphatic hydroxyl groups excluding tert-OH is 1. The van der Waals surface area contributed by atoms with E-state index in [1.165, 1.54) is 6.07 Å². The summed E-state index contributed by atoms with van der Waals surface area (Å²) in [6, 6.07) is 5.01. The van der Waals surface area contributed by atoms with Crippen LogP contribution < -0.4 is 4.90 Å². The summed E-state index contributed by atoms with van der Waals surface area (Å²) in [5.41, 5.74) is 0.552. The van der Waals surface area contributed by atoms with Crippen LogP contribution in [0.1, 0.15) is 0 Å². The minimum absolute atomic E-state index is 0.0483. The summed E-state index contributed by atoms with van der Waals surface area (Å²) in [4.78, 5) is 12.3. The quantitative estimate of drug-likeness (QED) is 0.370. The molecule has 0 saturated carbocycles. The molecule has 0 fully saturated rings. The van der Waals surface area contributed by atoms with Gasteiger partial charge in [-0.15, -0.1) is 6.58 Å². The van der Waals surface area contributed by atoms with Gasteiger partial charge in [0, 0.05) is 22.7 Å². The van der Waals surface area contributed by atoms with Crippen LogP contribution in [0.3, 0.4) is 0 Å². The molecule has 1 rings (SSSR count). The number of nitro groups is 1. The average Bonchev–Trinajstić information content (AvgIpc) is 2.28. The van der Waals surface area contributed by atoms with Gasteiger partial charge >= 0.3 is 0 Å². The van der Waals surface area contributed by atoms with Gasteiger partial charge in [-0.3, -0.25) is 10.1 Å². The third kappa shape index (κ3) is 3.67. The first-order valence-electron chi connectivity index (χ1n) is 5.00. The molecule has 17 heavy (non-hydrogen) atoms. The molecule has 0 aromatic heterocycles. The molecule has 5 nitrogen and oxygen atoms in total. The van der Waals surface area contributed by atoms with Gasteiger partial charge in [0.25, 0.3) is 5.69 Å². The normalized spacial score (nSPS) is 10.0. The van der Waals surface area contributed by atoms with Crippen LogP contribution in [0.5, 0.6) is 0 Å². The van der Waals surface area contributed by atoms with Gasteiger partial charge in [0.05, 0.1) is 11.5 Å². The molecule has 0 atom stereocenters. The molecule has 0 amide bonds. The minimum atomic E-state index is -0.412. The van der Waals surface area contributed by atoms with Gasteiger partial charge in [-0.25, -0.2) is 0 Å². The number of hydrogen-bond acceptors (Lipinski definition) is 4. The van der Waals surface area contributed by atoms with Gasteiger partial charge in [0.1, 0.15) is 5.69 Å². The summed E-state index contributed by atoms with van der Waals surface area (Å²) in [6.07, 6.45) is 1.65. The second-order valence-corrected chi connectivity index (χ2v) is 4.59. The smallest absolute Gasteiger partial charge is 0.293 e. The number of anilines is 1. The van der Waals surface area contributed by atoms with Crippen LogP contribution in [-0.2, 0) is 0 Å². The van der Waals surface area contributed by atoms with Gasteiger partial charge in [-0.2, -0.15) is 0 Å². The maximum absolute atomic E-state index is 11.0. The lowest BCUT2D eigenvalue weighted by molar-refractivity contribution is -0.384. The van der Waals surface area contributed by atoms with E-state index in [1.807, 2.05) is 22.6 Å². The molecule has 0 radical (unpaired) electrons. The molecule has 0 aliphatic heterocycles. The van der Waals surface area contributed by atoms with Crippen molar-refractivity contribution < 1.29 is 10.0 Å². The zero-order valence-electron chi connectivity index (χ0n) is 9.17. The Kier molecular flexibility index (Phi) is 5.36. The van der Waals surface area contributed by atoms with Crippen molar-refractivity contribution in [3.05, 3.63) is 44.5 Å². The Labute approximate surface area is 113 Å². The van der Waals surface area contributed by atoms with E-state index in [4.69, 9.17) is 5.11 Å². The molecular weight excluding hydrogens is 335 g/mol. The van der Waals surface area contributed by atoms with E-state index in [1.54, 1.807) is 23.1 Å². The van der Waals surface area contributed by atoms with Crippen LogP contribution in [0, 0.1) is 13.7 Å². The first kappa shape index (κ1) is 13.9. The molecule has 0 saturated heterocycles. The Morgan fingerprint density at radius 3 is 2.82 bits per heavy atom. The van der Waals surface area contributed by atoms with Crippen molar-refractivity contribution in [2.75, 3.05) is 24.6 Å². The number of nitro benzene ring substituents is 1. The lowest BCUT2D eigenvalue weighted by Crippen LogP contribution is -2.27. The SMILES string of the molecule is C=CCN(CCO)c1ccc(I)cc1[N+](=O)[O-]. The molecule has 1 aromatic rings. The molecule has 0 aliphatic carbocycles. The first-order valence-corrected chi connectivity index (χ1v) is 6.08. The Balaban J connectivity index is 3.16. The number of aliphatic hydroxyl groups is 1. The van der Waals surface area contributed by atoms with Crippen molar-refractivity contribution in [1.82, 2.24) is 0 Å². The van der Waals surface area contributed by atoms with E-state index < -0.39 is 4.92 Å². The molecule has 0 unspecified atom stereocenters. The fourth-order valence-electron chi connectivity index (χ4n) is 1.50. The lowest BCUT2D eigenvalue weighted by atomic mass is 10.2. The van der Waals surface area contributed by atoms with Crippen LogP contribution in [0.2, 0.25) is 0 Å². The van der Waals surface area contributed by atoms with E-state index in [2.05, 4.69) is 6.58 Å². The van der Waals surface area contributed by atoms with E-state index in [0.29, 0.717) is 18.8 Å². The molecule has 92 valence electrons. The van der Waals surface area contributed by atoms with Crippen LogP contribution in [0.15, 0.2) is 30.9 Å². The average molecular weight is 348 g/mol. The Morgan fingerprint density at radius 1 is 1.59 bits per heavy atom.